The highest BCUT2D eigenvalue weighted by Crippen LogP contribution is 2.27. The van der Waals surface area contributed by atoms with Gasteiger partial charge in [0.15, 0.2) is 6.61 Å². The number of benzene rings is 4. The highest BCUT2D eigenvalue weighted by atomic mass is 32.2. The first-order valence-electron chi connectivity index (χ1n) is 13.0. The van der Waals surface area contributed by atoms with E-state index in [1.54, 1.807) is 54.6 Å². The van der Waals surface area contributed by atoms with Gasteiger partial charge in [0.05, 0.1) is 34.5 Å². The van der Waals surface area contributed by atoms with Crippen molar-refractivity contribution >= 4 is 45.1 Å². The minimum atomic E-state index is -4.26. The van der Waals surface area contributed by atoms with Gasteiger partial charge < -0.3 is 14.8 Å². The smallest absolute Gasteiger partial charge is 0.271 e. The van der Waals surface area contributed by atoms with E-state index in [1.165, 1.54) is 55.8 Å². The Hall–Kier alpha value is -5.76. The molecule has 226 valence electrons. The van der Waals surface area contributed by atoms with Crippen molar-refractivity contribution in [3.63, 3.8) is 0 Å². The van der Waals surface area contributed by atoms with Crippen LogP contribution in [0.25, 0.3) is 0 Å². The molecule has 0 aliphatic rings. The molecule has 4 aromatic rings. The molecule has 0 radical (unpaired) electrons. The third kappa shape index (κ3) is 8.17. The third-order valence-electron chi connectivity index (χ3n) is 5.98. The Morgan fingerprint density at radius 1 is 0.932 bits per heavy atom. The third-order valence-corrected chi connectivity index (χ3v) is 7.77. The van der Waals surface area contributed by atoms with E-state index in [1.807, 2.05) is 0 Å². The molecule has 44 heavy (non-hydrogen) atoms. The van der Waals surface area contributed by atoms with Gasteiger partial charge in [0.25, 0.3) is 27.5 Å². The number of nitro benzene ring substituents is 1. The molecule has 2 amide bonds. The molecule has 0 fully saturated rings. The first kappa shape index (κ1) is 31.2. The summed E-state index contributed by atoms with van der Waals surface area (Å²) in [6.45, 7) is -0.937. The highest BCUT2D eigenvalue weighted by molar-refractivity contribution is 7.92. The molecule has 0 aromatic heterocycles. The summed E-state index contributed by atoms with van der Waals surface area (Å²) in [6, 6.07) is 25.8. The number of amides is 2. The fourth-order valence-corrected chi connectivity index (χ4v) is 5.31. The predicted molar refractivity (Wildman–Crippen MR) is 163 cm³/mol. The lowest BCUT2D eigenvalue weighted by atomic mass is 10.2. The number of sulfonamides is 1. The number of hydrazone groups is 1. The Balaban J connectivity index is 1.37. The van der Waals surface area contributed by atoms with Crippen LogP contribution >= 0.6 is 0 Å². The van der Waals surface area contributed by atoms with Gasteiger partial charge in [-0.15, -0.1) is 0 Å². The number of methoxy groups -OCH3 is 1. The fraction of sp³-hybridized carbons (Fsp3) is 0.100. The van der Waals surface area contributed by atoms with Gasteiger partial charge in [0.2, 0.25) is 0 Å². The first-order valence-corrected chi connectivity index (χ1v) is 14.4. The van der Waals surface area contributed by atoms with E-state index >= 15 is 0 Å². The van der Waals surface area contributed by atoms with E-state index in [2.05, 4.69) is 15.8 Å². The van der Waals surface area contributed by atoms with Crippen molar-refractivity contribution in [2.24, 2.45) is 5.10 Å². The van der Waals surface area contributed by atoms with Crippen LogP contribution in [-0.4, -0.2) is 51.6 Å². The minimum absolute atomic E-state index is 0.0608. The van der Waals surface area contributed by atoms with Crippen LogP contribution in [0.1, 0.15) is 5.56 Å². The van der Waals surface area contributed by atoms with Gasteiger partial charge in [-0.2, -0.15) is 5.10 Å². The minimum Gasteiger partial charge on any atom is -0.495 e. The molecule has 0 heterocycles. The summed E-state index contributed by atoms with van der Waals surface area (Å²) in [7, 11) is -2.75. The summed E-state index contributed by atoms with van der Waals surface area (Å²) in [6.07, 6.45) is 1.33. The molecule has 0 aliphatic carbocycles. The van der Waals surface area contributed by atoms with Crippen LogP contribution in [-0.2, 0) is 19.6 Å². The number of nitrogens with zero attached hydrogens (tertiary/aromatic N) is 3. The van der Waals surface area contributed by atoms with Gasteiger partial charge in [-0.3, -0.25) is 24.0 Å². The average Bonchev–Trinajstić information content (AvgIpc) is 3.04. The van der Waals surface area contributed by atoms with Crippen LogP contribution in [0.4, 0.5) is 17.1 Å². The maximum Gasteiger partial charge on any atom is 0.271 e. The number of anilines is 2. The van der Waals surface area contributed by atoms with Gasteiger partial charge in [-0.05, 0) is 60.2 Å². The van der Waals surface area contributed by atoms with Crippen molar-refractivity contribution in [2.45, 2.75) is 4.90 Å². The standard InChI is InChI=1S/C30H27N5O8S/c1-42-28-13-6-5-12-27(28)32-30(37)21-43-25-16-14-22(15-17-25)19-31-33-29(36)20-34(23-8-7-9-24(18-23)35(38)39)44(40,41)26-10-3-2-4-11-26/h2-19H,20-21H2,1H3,(H,32,37)(H,33,36)/b31-19-. The van der Waals surface area contributed by atoms with Crippen molar-refractivity contribution in [3.05, 3.63) is 119 Å². The van der Waals surface area contributed by atoms with Gasteiger partial charge in [0, 0.05) is 12.1 Å². The summed E-state index contributed by atoms with van der Waals surface area (Å²) < 4.78 is 38.3. The van der Waals surface area contributed by atoms with Gasteiger partial charge in [-0.1, -0.05) is 36.4 Å². The number of non-ortho nitro benzene ring substituents is 1. The molecule has 0 spiro atoms. The Morgan fingerprint density at radius 3 is 2.34 bits per heavy atom. The van der Waals surface area contributed by atoms with E-state index in [9.17, 15) is 28.1 Å². The molecule has 0 atom stereocenters. The maximum absolute atomic E-state index is 13.4. The van der Waals surface area contributed by atoms with Gasteiger partial charge in [-0.25, -0.2) is 13.8 Å². The Labute approximate surface area is 252 Å². The maximum atomic E-state index is 13.4. The van der Waals surface area contributed by atoms with Crippen molar-refractivity contribution < 1.29 is 32.4 Å². The first-order chi connectivity index (χ1) is 21.2. The molecule has 4 rings (SSSR count). The number of nitro groups is 1. The number of nitrogens with one attached hydrogen (secondary N) is 2. The second-order valence-electron chi connectivity index (χ2n) is 9.00. The van der Waals surface area contributed by atoms with Crippen LogP contribution in [0.2, 0.25) is 0 Å². The van der Waals surface area contributed by atoms with Gasteiger partial charge in [0.1, 0.15) is 18.0 Å². The number of hydrogen-bond acceptors (Lipinski definition) is 9. The van der Waals surface area contributed by atoms with Crippen molar-refractivity contribution in [3.8, 4) is 11.5 Å². The second kappa shape index (κ2) is 14.4. The van der Waals surface area contributed by atoms with Crippen molar-refractivity contribution in [2.75, 3.05) is 29.9 Å². The monoisotopic (exact) mass is 617 g/mol. The molecular weight excluding hydrogens is 590 g/mol. The Morgan fingerprint density at radius 2 is 1.64 bits per heavy atom. The highest BCUT2D eigenvalue weighted by Gasteiger charge is 2.28. The number of hydrogen-bond donors (Lipinski definition) is 2. The lowest BCUT2D eigenvalue weighted by molar-refractivity contribution is -0.384. The van der Waals surface area contributed by atoms with E-state index in [4.69, 9.17) is 9.47 Å². The van der Waals surface area contributed by atoms with Crippen molar-refractivity contribution in [1.29, 1.82) is 0 Å². The number of carbonyl (C=O) groups is 2. The average molecular weight is 618 g/mol. The Kier molecular flexibility index (Phi) is 10.2. The number of carbonyl (C=O) groups excluding carboxylic acids is 2. The van der Waals surface area contributed by atoms with Crippen molar-refractivity contribution in [1.82, 2.24) is 5.43 Å². The zero-order chi connectivity index (χ0) is 31.5. The molecule has 14 heteroatoms. The summed E-state index contributed by atoms with van der Waals surface area (Å²) in [5.74, 6) is -0.226. The van der Waals surface area contributed by atoms with E-state index < -0.39 is 27.4 Å². The fourth-order valence-electron chi connectivity index (χ4n) is 3.87. The summed E-state index contributed by atoms with van der Waals surface area (Å²) >= 11 is 0. The van der Waals surface area contributed by atoms with E-state index in [0.29, 0.717) is 22.7 Å². The molecule has 0 saturated carbocycles. The van der Waals surface area contributed by atoms with E-state index in [0.717, 1.165) is 10.4 Å². The SMILES string of the molecule is COc1ccccc1NC(=O)COc1ccc(/C=N\NC(=O)CN(c2cccc([N+](=O)[O-])c2)S(=O)(=O)c2ccccc2)cc1. The van der Waals surface area contributed by atoms with Gasteiger partial charge >= 0.3 is 0 Å². The number of rotatable bonds is 13. The predicted octanol–water partition coefficient (Wildman–Crippen LogP) is 3.97. The van der Waals surface area contributed by atoms with Crippen LogP contribution in [0.5, 0.6) is 11.5 Å². The van der Waals surface area contributed by atoms with E-state index in [-0.39, 0.29) is 28.8 Å². The van der Waals surface area contributed by atoms with Crippen LogP contribution in [0.15, 0.2) is 113 Å². The molecule has 0 saturated heterocycles. The summed E-state index contributed by atoms with van der Waals surface area (Å²) in [5.41, 5.74) is 2.97. The second-order valence-corrected chi connectivity index (χ2v) is 10.9. The number of ether oxygens (including phenoxy) is 2. The molecule has 13 nitrogen and oxygen atoms in total. The molecule has 0 bridgehead atoms. The molecule has 2 N–H and O–H groups in total. The summed E-state index contributed by atoms with van der Waals surface area (Å²) in [4.78, 5) is 35.5. The van der Waals surface area contributed by atoms with Crippen LogP contribution in [0, 0.1) is 10.1 Å². The zero-order valence-electron chi connectivity index (χ0n) is 23.3. The molecule has 4 aromatic carbocycles. The lowest BCUT2D eigenvalue weighted by Gasteiger charge is -2.23. The largest absolute Gasteiger partial charge is 0.495 e. The van der Waals surface area contributed by atoms with Crippen LogP contribution in [0.3, 0.4) is 0 Å². The van der Waals surface area contributed by atoms with Crippen LogP contribution < -0.4 is 24.5 Å². The zero-order valence-corrected chi connectivity index (χ0v) is 24.1. The molecular formula is C30H27N5O8S. The topological polar surface area (TPSA) is 170 Å². The molecule has 0 aliphatic heterocycles. The summed E-state index contributed by atoms with van der Waals surface area (Å²) in [5, 5.41) is 17.9. The number of para-hydroxylation sites is 2. The normalized spacial score (nSPS) is 11.0. The Bertz CT molecular complexity index is 1760. The lowest BCUT2D eigenvalue weighted by Crippen LogP contribution is -2.39. The quantitative estimate of drug-likeness (QED) is 0.129. The molecule has 0 unspecified atom stereocenters.